The zero-order chi connectivity index (χ0) is 31.9. The molecule has 0 atom stereocenters. The molecule has 0 saturated heterocycles. The van der Waals surface area contributed by atoms with Crippen molar-refractivity contribution in [3.05, 3.63) is 125 Å². The first-order valence-electron chi connectivity index (χ1n) is 15.0. The molecule has 1 aliphatic rings. The Bertz CT molecular complexity index is 1860. The van der Waals surface area contributed by atoms with Gasteiger partial charge in [-0.3, -0.25) is 9.69 Å². The van der Waals surface area contributed by atoms with Crippen LogP contribution in [0.3, 0.4) is 0 Å². The van der Waals surface area contributed by atoms with E-state index in [2.05, 4.69) is 50.9 Å². The summed E-state index contributed by atoms with van der Waals surface area (Å²) in [6.45, 7) is 3.05. The molecule has 0 spiro atoms. The molecule has 4 aromatic carbocycles. The number of nitrogens with one attached hydrogen (secondary N) is 1. The molecular formula is C36H34N6O4. The van der Waals surface area contributed by atoms with Gasteiger partial charge in [-0.2, -0.15) is 5.26 Å². The molecule has 0 aliphatic carbocycles. The van der Waals surface area contributed by atoms with Crippen molar-refractivity contribution in [2.45, 2.75) is 26.0 Å². The molecule has 5 aromatic rings. The van der Waals surface area contributed by atoms with Gasteiger partial charge in [0.2, 0.25) is 0 Å². The molecule has 1 aromatic heterocycles. The van der Waals surface area contributed by atoms with Gasteiger partial charge in [0.05, 0.1) is 43.4 Å². The van der Waals surface area contributed by atoms with E-state index in [0.29, 0.717) is 28.3 Å². The first-order valence-corrected chi connectivity index (χ1v) is 15.0. The monoisotopic (exact) mass is 614 g/mol. The number of anilines is 1. The van der Waals surface area contributed by atoms with Crippen molar-refractivity contribution in [2.75, 3.05) is 32.6 Å². The van der Waals surface area contributed by atoms with E-state index in [0.717, 1.165) is 49.7 Å². The van der Waals surface area contributed by atoms with Gasteiger partial charge in [0, 0.05) is 25.2 Å². The third-order valence-electron chi connectivity index (χ3n) is 8.04. The molecule has 1 N–H and O–H groups in total. The van der Waals surface area contributed by atoms with Crippen LogP contribution in [-0.4, -0.2) is 53.1 Å². The second kappa shape index (κ2) is 14.0. The summed E-state index contributed by atoms with van der Waals surface area (Å²) < 4.78 is 18.7. The Morgan fingerprint density at radius 2 is 1.67 bits per heavy atom. The SMILES string of the molecule is COc1cc2c(cc1OC)CN(CCc1ccc(-n3cc(COc4ccccc4NC(=O)c4ccc(C#N)cc4)nn3)cc1)CC2. The molecule has 1 aliphatic heterocycles. The number of aromatic nitrogens is 3. The quantitative estimate of drug-likeness (QED) is 0.205. The minimum atomic E-state index is -0.294. The summed E-state index contributed by atoms with van der Waals surface area (Å²) in [5.41, 5.74) is 6.91. The molecule has 0 radical (unpaired) electrons. The lowest BCUT2D eigenvalue weighted by molar-refractivity contribution is 0.102. The van der Waals surface area contributed by atoms with Crippen LogP contribution in [0.2, 0.25) is 0 Å². The highest BCUT2D eigenvalue weighted by atomic mass is 16.5. The number of methoxy groups -OCH3 is 2. The predicted octanol–water partition coefficient (Wildman–Crippen LogP) is 5.59. The zero-order valence-corrected chi connectivity index (χ0v) is 25.8. The molecule has 10 heteroatoms. The number of para-hydroxylation sites is 2. The first-order chi connectivity index (χ1) is 22.5. The van der Waals surface area contributed by atoms with Gasteiger partial charge in [-0.25, -0.2) is 4.68 Å². The van der Waals surface area contributed by atoms with Gasteiger partial charge in [0.25, 0.3) is 5.91 Å². The summed E-state index contributed by atoms with van der Waals surface area (Å²) in [6, 6.07) is 28.3. The molecule has 2 heterocycles. The lowest BCUT2D eigenvalue weighted by Crippen LogP contribution is -2.32. The number of nitrogens with zero attached hydrogens (tertiary/aromatic N) is 5. The fourth-order valence-corrected chi connectivity index (χ4v) is 5.46. The maximum Gasteiger partial charge on any atom is 0.255 e. The average molecular weight is 615 g/mol. The van der Waals surface area contributed by atoms with E-state index in [4.69, 9.17) is 19.5 Å². The number of fused-ring (bicyclic) bond motifs is 1. The number of rotatable bonds is 11. The molecule has 0 saturated carbocycles. The number of ether oxygens (including phenoxy) is 3. The number of carbonyl (C=O) groups excluding carboxylic acids is 1. The lowest BCUT2D eigenvalue weighted by Gasteiger charge is -2.29. The third-order valence-corrected chi connectivity index (χ3v) is 8.04. The van der Waals surface area contributed by atoms with Crippen LogP contribution in [0.25, 0.3) is 5.69 Å². The van der Waals surface area contributed by atoms with Crippen molar-refractivity contribution in [1.82, 2.24) is 19.9 Å². The van der Waals surface area contributed by atoms with E-state index in [1.54, 1.807) is 55.3 Å². The van der Waals surface area contributed by atoms with Crippen molar-refractivity contribution in [2.24, 2.45) is 0 Å². The summed E-state index contributed by atoms with van der Waals surface area (Å²) in [5, 5.41) is 20.4. The maximum absolute atomic E-state index is 12.7. The van der Waals surface area contributed by atoms with Crippen LogP contribution in [-0.2, 0) is 26.0 Å². The minimum absolute atomic E-state index is 0.180. The van der Waals surface area contributed by atoms with E-state index in [9.17, 15) is 4.79 Å². The number of hydrogen-bond donors (Lipinski definition) is 1. The van der Waals surface area contributed by atoms with Gasteiger partial charge in [0.1, 0.15) is 18.1 Å². The topological polar surface area (TPSA) is 115 Å². The highest BCUT2D eigenvalue weighted by Crippen LogP contribution is 2.33. The van der Waals surface area contributed by atoms with E-state index in [1.807, 2.05) is 30.5 Å². The minimum Gasteiger partial charge on any atom is -0.493 e. The van der Waals surface area contributed by atoms with Crippen molar-refractivity contribution in [3.63, 3.8) is 0 Å². The maximum atomic E-state index is 12.7. The van der Waals surface area contributed by atoms with E-state index >= 15 is 0 Å². The van der Waals surface area contributed by atoms with Crippen molar-refractivity contribution in [1.29, 1.82) is 5.26 Å². The molecule has 46 heavy (non-hydrogen) atoms. The molecule has 0 fully saturated rings. The van der Waals surface area contributed by atoms with Crippen LogP contribution in [0.4, 0.5) is 5.69 Å². The molecule has 232 valence electrons. The number of amides is 1. The molecular weight excluding hydrogens is 580 g/mol. The van der Waals surface area contributed by atoms with Gasteiger partial charge in [-0.15, -0.1) is 5.10 Å². The van der Waals surface area contributed by atoms with Crippen LogP contribution >= 0.6 is 0 Å². The van der Waals surface area contributed by atoms with Crippen LogP contribution in [0, 0.1) is 11.3 Å². The standard InChI is InChI=1S/C36H34N6O4/c1-44-34-19-28-16-18-41(22-29(28)20-35(34)45-2)17-15-25-9-13-31(14-10-25)42-23-30(39-40-42)24-46-33-6-4-3-5-32(33)38-36(43)27-11-7-26(21-37)8-12-27/h3-14,19-20,23H,15-18,22,24H2,1-2H3,(H,38,43). The van der Waals surface area contributed by atoms with Crippen LogP contribution in [0.1, 0.15) is 38.3 Å². The Morgan fingerprint density at radius 3 is 2.41 bits per heavy atom. The average Bonchev–Trinajstić information content (AvgIpc) is 3.59. The van der Waals surface area contributed by atoms with Crippen LogP contribution in [0.15, 0.2) is 91.1 Å². The summed E-state index contributed by atoms with van der Waals surface area (Å²) >= 11 is 0. The fraction of sp³-hybridized carbons (Fsp3) is 0.222. The molecule has 0 unspecified atom stereocenters. The van der Waals surface area contributed by atoms with Gasteiger partial charge in [0.15, 0.2) is 11.5 Å². The summed E-state index contributed by atoms with van der Waals surface area (Å²) in [6.07, 6.45) is 3.77. The van der Waals surface area contributed by atoms with Gasteiger partial charge < -0.3 is 19.5 Å². The number of hydrogen-bond acceptors (Lipinski definition) is 8. The van der Waals surface area contributed by atoms with Crippen LogP contribution in [0.5, 0.6) is 17.2 Å². The Kier molecular flexibility index (Phi) is 9.22. The Hall–Kier alpha value is -5.66. The number of benzene rings is 4. The smallest absolute Gasteiger partial charge is 0.255 e. The molecule has 10 nitrogen and oxygen atoms in total. The fourth-order valence-electron chi connectivity index (χ4n) is 5.46. The number of carbonyl (C=O) groups is 1. The first kappa shape index (κ1) is 30.4. The Balaban J connectivity index is 1.02. The second-order valence-corrected chi connectivity index (χ2v) is 11.0. The van der Waals surface area contributed by atoms with Crippen molar-refractivity contribution < 1.29 is 19.0 Å². The van der Waals surface area contributed by atoms with Gasteiger partial charge in [-0.1, -0.05) is 29.5 Å². The van der Waals surface area contributed by atoms with Crippen molar-refractivity contribution in [3.8, 4) is 29.0 Å². The van der Waals surface area contributed by atoms with Gasteiger partial charge in [-0.05, 0) is 90.2 Å². The Labute approximate surface area is 267 Å². The summed E-state index contributed by atoms with van der Waals surface area (Å²) in [7, 11) is 3.35. The molecule has 0 bridgehead atoms. The van der Waals surface area contributed by atoms with Crippen molar-refractivity contribution >= 4 is 11.6 Å². The largest absolute Gasteiger partial charge is 0.493 e. The highest BCUT2D eigenvalue weighted by molar-refractivity contribution is 6.05. The molecule has 6 rings (SSSR count). The van der Waals surface area contributed by atoms with E-state index in [1.165, 1.54) is 16.7 Å². The summed E-state index contributed by atoms with van der Waals surface area (Å²) in [4.78, 5) is 15.2. The van der Waals surface area contributed by atoms with Crippen LogP contribution < -0.4 is 19.5 Å². The predicted molar refractivity (Wildman–Crippen MR) is 173 cm³/mol. The third kappa shape index (κ3) is 7.01. The lowest BCUT2D eigenvalue weighted by atomic mass is 9.98. The highest BCUT2D eigenvalue weighted by Gasteiger charge is 2.19. The van der Waals surface area contributed by atoms with Gasteiger partial charge >= 0.3 is 0 Å². The molecule has 1 amide bonds. The van der Waals surface area contributed by atoms with E-state index < -0.39 is 0 Å². The Morgan fingerprint density at radius 1 is 0.935 bits per heavy atom. The van der Waals surface area contributed by atoms with E-state index in [-0.39, 0.29) is 12.5 Å². The zero-order valence-electron chi connectivity index (χ0n) is 25.8. The normalized spacial score (nSPS) is 12.5. The number of nitriles is 1. The second-order valence-electron chi connectivity index (χ2n) is 11.0. The summed E-state index contributed by atoms with van der Waals surface area (Å²) in [5.74, 6) is 1.78.